The lowest BCUT2D eigenvalue weighted by Gasteiger charge is -1.99. The number of nitrogens with zero attached hydrogens (tertiary/aromatic N) is 3. The molecule has 0 aliphatic carbocycles. The quantitative estimate of drug-likeness (QED) is 0.664. The second kappa shape index (κ2) is 7.12. The molecule has 1 N–H and O–H groups in total. The molecule has 0 fully saturated rings. The van der Waals surface area contributed by atoms with Crippen molar-refractivity contribution in [2.45, 2.75) is 19.8 Å². The molecule has 0 spiro atoms. The van der Waals surface area contributed by atoms with Crippen molar-refractivity contribution >= 4 is 17.2 Å². The van der Waals surface area contributed by atoms with E-state index in [2.05, 4.69) is 27.4 Å². The molecule has 1 aliphatic rings. The number of carbonyl (C=O) groups excluding carboxylic acids is 1. The molecule has 3 heterocycles. The molecule has 0 bridgehead atoms. The average molecular weight is 372 g/mol. The summed E-state index contributed by atoms with van der Waals surface area (Å²) in [5, 5.41) is 8.92. The highest BCUT2D eigenvalue weighted by atomic mass is 32.1. The second-order valence-corrected chi connectivity index (χ2v) is 6.50. The largest absolute Gasteiger partial charge is 0.454 e. The standard InChI is InChI=1S/C17H16N4O4S/c1-2-3-6-18-15(22)17-19-11(8-26-17)16-20-14(21-25-16)10-4-5-12-13(7-10)24-9-23-12/h4-5,7-8H,2-3,6,9H2,1H3,(H,18,22). The van der Waals surface area contributed by atoms with Crippen LogP contribution in [0.5, 0.6) is 11.5 Å². The predicted octanol–water partition coefficient (Wildman–Crippen LogP) is 3.12. The van der Waals surface area contributed by atoms with Gasteiger partial charge in [-0.15, -0.1) is 11.3 Å². The molecule has 1 aliphatic heterocycles. The summed E-state index contributed by atoms with van der Waals surface area (Å²) in [5.41, 5.74) is 1.23. The van der Waals surface area contributed by atoms with E-state index < -0.39 is 0 Å². The van der Waals surface area contributed by atoms with Crippen LogP contribution in [0.1, 0.15) is 29.6 Å². The highest BCUT2D eigenvalue weighted by molar-refractivity contribution is 7.12. The van der Waals surface area contributed by atoms with Crippen molar-refractivity contribution in [2.24, 2.45) is 0 Å². The topological polar surface area (TPSA) is 99.4 Å². The third-order valence-electron chi connectivity index (χ3n) is 3.79. The van der Waals surface area contributed by atoms with E-state index in [1.54, 1.807) is 17.5 Å². The number of rotatable bonds is 6. The number of benzene rings is 1. The second-order valence-electron chi connectivity index (χ2n) is 5.64. The molecule has 2 aromatic heterocycles. The summed E-state index contributed by atoms with van der Waals surface area (Å²) < 4.78 is 15.9. The van der Waals surface area contributed by atoms with Gasteiger partial charge in [0.05, 0.1) is 0 Å². The number of amides is 1. The summed E-state index contributed by atoms with van der Waals surface area (Å²) in [6.45, 7) is 2.91. The summed E-state index contributed by atoms with van der Waals surface area (Å²) in [7, 11) is 0. The number of fused-ring (bicyclic) bond motifs is 1. The Hall–Kier alpha value is -2.94. The van der Waals surface area contributed by atoms with Crippen LogP contribution < -0.4 is 14.8 Å². The molecule has 0 saturated carbocycles. The van der Waals surface area contributed by atoms with Crippen molar-refractivity contribution in [3.05, 3.63) is 28.6 Å². The number of unbranched alkanes of at least 4 members (excludes halogenated alkanes) is 1. The van der Waals surface area contributed by atoms with Gasteiger partial charge in [-0.3, -0.25) is 4.79 Å². The summed E-state index contributed by atoms with van der Waals surface area (Å²) in [5.74, 6) is 1.83. The third kappa shape index (κ3) is 3.25. The Bertz CT molecular complexity index is 936. The summed E-state index contributed by atoms with van der Waals surface area (Å²) in [6, 6.07) is 5.43. The number of aromatic nitrogens is 3. The summed E-state index contributed by atoms with van der Waals surface area (Å²) >= 11 is 1.24. The third-order valence-corrected chi connectivity index (χ3v) is 4.63. The lowest BCUT2D eigenvalue weighted by atomic mass is 10.2. The molecular weight excluding hydrogens is 356 g/mol. The van der Waals surface area contributed by atoms with Crippen LogP contribution in [0.2, 0.25) is 0 Å². The SMILES string of the molecule is CCCCNC(=O)c1nc(-c2nc(-c3ccc4c(c3)OCO4)no2)cs1. The highest BCUT2D eigenvalue weighted by Gasteiger charge is 2.19. The van der Waals surface area contributed by atoms with Crippen LogP contribution in [0.25, 0.3) is 23.0 Å². The van der Waals surface area contributed by atoms with Crippen molar-refractivity contribution in [1.82, 2.24) is 20.4 Å². The van der Waals surface area contributed by atoms with Crippen LogP contribution in [-0.4, -0.2) is 34.4 Å². The Labute approximate surface area is 153 Å². The average Bonchev–Trinajstić information content (AvgIpc) is 3.39. The van der Waals surface area contributed by atoms with Crippen LogP contribution in [0.15, 0.2) is 28.1 Å². The highest BCUT2D eigenvalue weighted by Crippen LogP contribution is 2.35. The molecule has 9 heteroatoms. The maximum atomic E-state index is 12.0. The molecule has 26 heavy (non-hydrogen) atoms. The van der Waals surface area contributed by atoms with Gasteiger partial charge in [-0.2, -0.15) is 4.98 Å². The molecule has 3 aromatic rings. The fourth-order valence-corrected chi connectivity index (χ4v) is 3.12. The first-order valence-electron chi connectivity index (χ1n) is 8.22. The van der Waals surface area contributed by atoms with Gasteiger partial charge in [-0.25, -0.2) is 4.98 Å². The van der Waals surface area contributed by atoms with E-state index in [9.17, 15) is 4.79 Å². The van der Waals surface area contributed by atoms with E-state index in [1.807, 2.05) is 6.07 Å². The van der Waals surface area contributed by atoms with Crippen LogP contribution in [0.3, 0.4) is 0 Å². The monoisotopic (exact) mass is 372 g/mol. The van der Waals surface area contributed by atoms with Gasteiger partial charge in [-0.1, -0.05) is 18.5 Å². The van der Waals surface area contributed by atoms with Gasteiger partial charge >= 0.3 is 0 Å². The maximum Gasteiger partial charge on any atom is 0.280 e. The Kier molecular flexibility index (Phi) is 4.53. The molecular formula is C17H16N4O4S. The van der Waals surface area contributed by atoms with Gasteiger partial charge in [0.15, 0.2) is 16.5 Å². The molecule has 8 nitrogen and oxygen atoms in total. The lowest BCUT2D eigenvalue weighted by molar-refractivity contribution is 0.0953. The molecule has 0 saturated heterocycles. The van der Waals surface area contributed by atoms with Crippen LogP contribution in [0.4, 0.5) is 0 Å². The molecule has 0 atom stereocenters. The Balaban J connectivity index is 1.51. The van der Waals surface area contributed by atoms with Crippen LogP contribution in [0, 0.1) is 0 Å². The zero-order chi connectivity index (χ0) is 17.9. The first-order chi connectivity index (χ1) is 12.7. The van der Waals surface area contributed by atoms with Gasteiger partial charge < -0.3 is 19.3 Å². The van der Waals surface area contributed by atoms with Crippen LogP contribution in [-0.2, 0) is 0 Å². The summed E-state index contributed by atoms with van der Waals surface area (Å²) in [4.78, 5) is 20.7. The maximum absolute atomic E-state index is 12.0. The van der Waals surface area contributed by atoms with Crippen molar-refractivity contribution in [2.75, 3.05) is 13.3 Å². The van der Waals surface area contributed by atoms with E-state index in [0.717, 1.165) is 18.4 Å². The predicted molar refractivity (Wildman–Crippen MR) is 94.2 cm³/mol. The van der Waals surface area contributed by atoms with E-state index in [1.165, 1.54) is 11.3 Å². The van der Waals surface area contributed by atoms with E-state index >= 15 is 0 Å². The van der Waals surface area contributed by atoms with Gasteiger partial charge in [0.25, 0.3) is 11.8 Å². The van der Waals surface area contributed by atoms with Gasteiger partial charge in [0.2, 0.25) is 12.6 Å². The van der Waals surface area contributed by atoms with Gasteiger partial charge in [0.1, 0.15) is 5.69 Å². The smallest absolute Gasteiger partial charge is 0.280 e. The molecule has 4 rings (SSSR count). The Morgan fingerprint density at radius 3 is 3.04 bits per heavy atom. The number of hydrogen-bond acceptors (Lipinski definition) is 8. The van der Waals surface area contributed by atoms with Crippen molar-refractivity contribution < 1.29 is 18.8 Å². The molecule has 1 aromatic carbocycles. The van der Waals surface area contributed by atoms with Gasteiger partial charge in [-0.05, 0) is 24.6 Å². The van der Waals surface area contributed by atoms with E-state index in [4.69, 9.17) is 14.0 Å². The first kappa shape index (κ1) is 16.5. The van der Waals surface area contributed by atoms with E-state index in [-0.39, 0.29) is 18.6 Å². The minimum atomic E-state index is -0.190. The number of ether oxygens (including phenoxy) is 2. The minimum absolute atomic E-state index is 0.190. The molecule has 0 unspecified atom stereocenters. The fraction of sp³-hybridized carbons (Fsp3) is 0.294. The molecule has 0 radical (unpaired) electrons. The zero-order valence-corrected chi connectivity index (χ0v) is 14.8. The summed E-state index contributed by atoms with van der Waals surface area (Å²) in [6.07, 6.45) is 1.96. The van der Waals surface area contributed by atoms with E-state index in [0.29, 0.717) is 34.6 Å². The van der Waals surface area contributed by atoms with Crippen molar-refractivity contribution in [3.63, 3.8) is 0 Å². The number of nitrogens with one attached hydrogen (secondary N) is 1. The van der Waals surface area contributed by atoms with Crippen LogP contribution >= 0.6 is 11.3 Å². The number of carbonyl (C=O) groups is 1. The molecule has 134 valence electrons. The first-order valence-corrected chi connectivity index (χ1v) is 9.10. The van der Waals surface area contributed by atoms with Crippen molar-refractivity contribution in [1.29, 1.82) is 0 Å². The van der Waals surface area contributed by atoms with Crippen molar-refractivity contribution in [3.8, 4) is 34.5 Å². The minimum Gasteiger partial charge on any atom is -0.454 e. The fourth-order valence-electron chi connectivity index (χ4n) is 2.41. The number of thiazole rings is 1. The zero-order valence-electron chi connectivity index (χ0n) is 14.0. The number of hydrogen-bond donors (Lipinski definition) is 1. The molecule has 1 amide bonds. The Morgan fingerprint density at radius 1 is 1.27 bits per heavy atom. The Morgan fingerprint density at radius 2 is 2.15 bits per heavy atom. The van der Waals surface area contributed by atoms with Gasteiger partial charge in [0, 0.05) is 17.5 Å². The lowest BCUT2D eigenvalue weighted by Crippen LogP contribution is -2.24. The normalized spacial score (nSPS) is 12.3.